The number of nitrogens with one attached hydrogen (secondary N) is 2. The van der Waals surface area contributed by atoms with Crippen molar-refractivity contribution in [3.8, 4) is 5.69 Å². The minimum absolute atomic E-state index is 0.180. The number of nitrogens with zero attached hydrogens (tertiary/aromatic N) is 1. The molecular formula is C24H22ClFN4O3. The predicted molar refractivity (Wildman–Crippen MR) is 124 cm³/mol. The minimum Gasteiger partial charge on any atom is -0.348 e. The second-order valence-electron chi connectivity index (χ2n) is 7.99. The van der Waals surface area contributed by atoms with Crippen molar-refractivity contribution in [2.24, 2.45) is 11.7 Å². The Hall–Kier alpha value is -3.49. The molecular weight excluding hydrogens is 447 g/mol. The van der Waals surface area contributed by atoms with Crippen LogP contribution in [-0.2, 0) is 4.79 Å². The number of anilines is 1. The van der Waals surface area contributed by atoms with Gasteiger partial charge in [0.15, 0.2) is 0 Å². The van der Waals surface area contributed by atoms with Crippen molar-refractivity contribution in [3.05, 3.63) is 93.6 Å². The van der Waals surface area contributed by atoms with Crippen LogP contribution in [0.2, 0.25) is 5.02 Å². The van der Waals surface area contributed by atoms with Gasteiger partial charge in [-0.25, -0.2) is 4.39 Å². The second-order valence-corrected chi connectivity index (χ2v) is 8.42. The Bertz CT molecular complexity index is 1240. The SMILES string of the molecule is NC1C[C@H](NC(=O)c2ccc(-n3ccccc3=O)cc2F)[C@@H](C(=O)Nc2ccc(Cl)cc2)C1. The third kappa shape index (κ3) is 5.13. The summed E-state index contributed by atoms with van der Waals surface area (Å²) in [6.45, 7) is 0. The van der Waals surface area contributed by atoms with E-state index in [4.69, 9.17) is 17.3 Å². The molecule has 0 saturated heterocycles. The number of amides is 2. The van der Waals surface area contributed by atoms with Crippen molar-refractivity contribution in [2.75, 3.05) is 5.32 Å². The molecule has 4 rings (SSSR count). The van der Waals surface area contributed by atoms with E-state index in [1.807, 2.05) is 0 Å². The van der Waals surface area contributed by atoms with Gasteiger partial charge in [0.05, 0.1) is 17.2 Å². The highest BCUT2D eigenvalue weighted by Crippen LogP contribution is 2.27. The van der Waals surface area contributed by atoms with Gasteiger partial charge in [0.1, 0.15) is 5.82 Å². The molecule has 3 atom stereocenters. The van der Waals surface area contributed by atoms with Crippen LogP contribution in [0, 0.1) is 11.7 Å². The average molecular weight is 469 g/mol. The van der Waals surface area contributed by atoms with Gasteiger partial charge in [-0.05, 0) is 61.4 Å². The van der Waals surface area contributed by atoms with Crippen molar-refractivity contribution >= 4 is 29.1 Å². The zero-order chi connectivity index (χ0) is 23.5. The lowest BCUT2D eigenvalue weighted by molar-refractivity contribution is -0.120. The van der Waals surface area contributed by atoms with Gasteiger partial charge in [-0.3, -0.25) is 19.0 Å². The molecule has 0 aliphatic heterocycles. The number of nitrogens with two attached hydrogens (primary N) is 1. The molecule has 170 valence electrons. The summed E-state index contributed by atoms with van der Waals surface area (Å²) in [6.07, 6.45) is 2.30. The maximum Gasteiger partial charge on any atom is 0.255 e. The second kappa shape index (κ2) is 9.56. The third-order valence-corrected chi connectivity index (χ3v) is 5.91. The standard InChI is InChI=1S/C24H22ClFN4O3/c25-14-4-6-16(7-5-14)28-24(33)19-11-15(27)12-21(19)29-23(32)18-9-8-17(13-20(18)26)30-10-2-1-3-22(30)31/h1-10,13,15,19,21H,11-12,27H2,(H,28,33)(H,29,32)/t15?,19-,21-/m0/s1. The Kier molecular flexibility index (Phi) is 6.57. The van der Waals surface area contributed by atoms with Crippen molar-refractivity contribution in [1.82, 2.24) is 9.88 Å². The van der Waals surface area contributed by atoms with Crippen molar-refractivity contribution in [2.45, 2.75) is 24.9 Å². The van der Waals surface area contributed by atoms with E-state index in [9.17, 15) is 18.8 Å². The first-order valence-electron chi connectivity index (χ1n) is 10.4. The number of halogens is 2. The zero-order valence-electron chi connectivity index (χ0n) is 17.5. The lowest BCUT2D eigenvalue weighted by Gasteiger charge is -2.21. The highest BCUT2D eigenvalue weighted by Gasteiger charge is 2.38. The van der Waals surface area contributed by atoms with Crippen molar-refractivity contribution < 1.29 is 14.0 Å². The normalized spacial score (nSPS) is 19.8. The number of hydrogen-bond acceptors (Lipinski definition) is 4. The Labute approximate surface area is 194 Å². The van der Waals surface area contributed by atoms with Gasteiger partial charge >= 0.3 is 0 Å². The molecule has 0 bridgehead atoms. The van der Waals surface area contributed by atoms with Crippen molar-refractivity contribution in [1.29, 1.82) is 0 Å². The van der Waals surface area contributed by atoms with Crippen LogP contribution in [-0.4, -0.2) is 28.5 Å². The number of carbonyl (C=O) groups is 2. The summed E-state index contributed by atoms with van der Waals surface area (Å²) in [5, 5.41) is 6.11. The number of pyridine rings is 1. The van der Waals surface area contributed by atoms with E-state index < -0.39 is 23.7 Å². The van der Waals surface area contributed by atoms with E-state index in [2.05, 4.69) is 10.6 Å². The number of rotatable bonds is 5. The van der Waals surface area contributed by atoms with Gasteiger partial charge < -0.3 is 16.4 Å². The summed E-state index contributed by atoms with van der Waals surface area (Å²) in [7, 11) is 0. The zero-order valence-corrected chi connectivity index (χ0v) is 18.3. The van der Waals surface area contributed by atoms with Crippen LogP contribution in [0.15, 0.2) is 71.7 Å². The number of hydrogen-bond donors (Lipinski definition) is 3. The van der Waals surface area contributed by atoms with E-state index in [-0.39, 0.29) is 23.1 Å². The Balaban J connectivity index is 1.48. The summed E-state index contributed by atoms with van der Waals surface area (Å²) < 4.78 is 16.0. The lowest BCUT2D eigenvalue weighted by atomic mass is 10.0. The minimum atomic E-state index is -0.773. The molecule has 7 nitrogen and oxygen atoms in total. The molecule has 9 heteroatoms. The molecule has 1 unspecified atom stereocenters. The van der Waals surface area contributed by atoms with Crippen LogP contribution in [0.25, 0.3) is 5.69 Å². The topological polar surface area (TPSA) is 106 Å². The van der Waals surface area contributed by atoms with Crippen LogP contribution >= 0.6 is 11.6 Å². The van der Waals surface area contributed by atoms with E-state index in [0.29, 0.717) is 29.2 Å². The average Bonchev–Trinajstić information content (AvgIpc) is 3.15. The van der Waals surface area contributed by atoms with Gasteiger partial charge in [0.2, 0.25) is 5.91 Å². The van der Waals surface area contributed by atoms with Gasteiger partial charge in [0.25, 0.3) is 11.5 Å². The smallest absolute Gasteiger partial charge is 0.255 e. The summed E-state index contributed by atoms with van der Waals surface area (Å²) in [5.74, 6) is -2.27. The first kappa shape index (κ1) is 22.7. The molecule has 2 amide bonds. The molecule has 2 aromatic carbocycles. The van der Waals surface area contributed by atoms with Crippen molar-refractivity contribution in [3.63, 3.8) is 0 Å². The number of aromatic nitrogens is 1. The third-order valence-electron chi connectivity index (χ3n) is 5.66. The molecule has 0 spiro atoms. The maximum atomic E-state index is 14.8. The molecule has 33 heavy (non-hydrogen) atoms. The largest absolute Gasteiger partial charge is 0.348 e. The van der Waals surface area contributed by atoms with E-state index >= 15 is 0 Å². The molecule has 1 saturated carbocycles. The highest BCUT2D eigenvalue weighted by molar-refractivity contribution is 6.30. The molecule has 4 N–H and O–H groups in total. The van der Waals surface area contributed by atoms with Gasteiger partial charge in [-0.15, -0.1) is 0 Å². The number of carbonyl (C=O) groups excluding carboxylic acids is 2. The Morgan fingerprint density at radius 1 is 1.06 bits per heavy atom. The van der Waals surface area contributed by atoms with E-state index in [1.165, 1.54) is 29.0 Å². The molecule has 1 aliphatic carbocycles. The lowest BCUT2D eigenvalue weighted by Crippen LogP contribution is -2.42. The Morgan fingerprint density at radius 3 is 2.52 bits per heavy atom. The van der Waals surface area contributed by atoms with Crippen LogP contribution in [0.4, 0.5) is 10.1 Å². The monoisotopic (exact) mass is 468 g/mol. The van der Waals surface area contributed by atoms with E-state index in [1.54, 1.807) is 36.4 Å². The first-order chi connectivity index (χ1) is 15.8. The van der Waals surface area contributed by atoms with Crippen LogP contribution < -0.4 is 21.9 Å². The molecule has 3 aromatic rings. The Morgan fingerprint density at radius 2 is 1.82 bits per heavy atom. The fraction of sp³-hybridized carbons (Fsp3) is 0.208. The highest BCUT2D eigenvalue weighted by atomic mass is 35.5. The van der Waals surface area contributed by atoms with E-state index in [0.717, 1.165) is 6.07 Å². The fourth-order valence-electron chi connectivity index (χ4n) is 4.02. The van der Waals surface area contributed by atoms with Gasteiger partial charge in [-0.2, -0.15) is 0 Å². The predicted octanol–water partition coefficient (Wildman–Crippen LogP) is 3.10. The first-order valence-corrected chi connectivity index (χ1v) is 10.8. The number of benzene rings is 2. The fourth-order valence-corrected chi connectivity index (χ4v) is 4.15. The molecule has 1 fully saturated rings. The molecule has 1 aliphatic rings. The summed E-state index contributed by atoms with van der Waals surface area (Å²) >= 11 is 5.87. The van der Waals surface area contributed by atoms with Crippen LogP contribution in [0.3, 0.4) is 0 Å². The summed E-state index contributed by atoms with van der Waals surface area (Å²) in [4.78, 5) is 37.6. The summed E-state index contributed by atoms with van der Waals surface area (Å²) in [6, 6.07) is 14.4. The summed E-state index contributed by atoms with van der Waals surface area (Å²) in [5.41, 5.74) is 6.44. The van der Waals surface area contributed by atoms with Crippen LogP contribution in [0.1, 0.15) is 23.2 Å². The van der Waals surface area contributed by atoms with Gasteiger partial charge in [0, 0.05) is 35.1 Å². The van der Waals surface area contributed by atoms with Crippen LogP contribution in [0.5, 0.6) is 0 Å². The maximum absolute atomic E-state index is 14.8. The quantitative estimate of drug-likeness (QED) is 0.535. The molecule has 0 radical (unpaired) electrons. The van der Waals surface area contributed by atoms with Gasteiger partial charge in [-0.1, -0.05) is 17.7 Å². The molecule has 1 heterocycles. The molecule has 1 aromatic heterocycles.